The smallest absolute Gasteiger partial charge is 0.171 e. The molecule has 1 saturated heterocycles. The molecule has 0 saturated carbocycles. The van der Waals surface area contributed by atoms with Crippen molar-refractivity contribution in [3.8, 4) is 0 Å². The van der Waals surface area contributed by atoms with Gasteiger partial charge in [-0.25, -0.2) is 8.42 Å². The van der Waals surface area contributed by atoms with Crippen LogP contribution < -0.4 is 11.1 Å². The Kier molecular flexibility index (Phi) is 2.99. The van der Waals surface area contributed by atoms with Crippen molar-refractivity contribution in [3.05, 3.63) is 0 Å². The van der Waals surface area contributed by atoms with Crippen molar-refractivity contribution in [2.45, 2.75) is 25.1 Å². The molecule has 78 valence electrons. The summed E-state index contributed by atoms with van der Waals surface area (Å²) in [6.07, 6.45) is 0.789. The van der Waals surface area contributed by atoms with Crippen molar-refractivity contribution in [3.63, 3.8) is 0 Å². The lowest BCUT2D eigenvalue weighted by molar-refractivity contribution is 0.347. The fourth-order valence-electron chi connectivity index (χ4n) is 1.62. The number of hydrogen-bond donors (Lipinski definition) is 2. The maximum atomic E-state index is 11.7. The number of hydrogen-bond acceptors (Lipinski definition) is 4. The van der Waals surface area contributed by atoms with E-state index in [0.717, 1.165) is 6.42 Å². The molecule has 1 rings (SSSR count). The summed E-state index contributed by atoms with van der Waals surface area (Å²) in [5, 5.41) is 3.04. The van der Waals surface area contributed by atoms with Gasteiger partial charge in [0, 0.05) is 13.1 Å². The Morgan fingerprint density at radius 3 is 2.69 bits per heavy atom. The van der Waals surface area contributed by atoms with Crippen LogP contribution in [0.15, 0.2) is 0 Å². The second-order valence-electron chi connectivity index (χ2n) is 3.76. The number of sulfone groups is 1. The van der Waals surface area contributed by atoms with E-state index in [-0.39, 0.29) is 11.7 Å². The van der Waals surface area contributed by atoms with Gasteiger partial charge >= 0.3 is 0 Å². The second kappa shape index (κ2) is 3.55. The van der Waals surface area contributed by atoms with E-state index in [9.17, 15) is 8.42 Å². The first-order chi connectivity index (χ1) is 5.94. The highest BCUT2D eigenvalue weighted by atomic mass is 32.2. The van der Waals surface area contributed by atoms with Gasteiger partial charge < -0.3 is 11.1 Å². The third-order valence-electron chi connectivity index (χ3n) is 2.97. The van der Waals surface area contributed by atoms with Crippen molar-refractivity contribution in [2.75, 3.05) is 18.8 Å². The lowest BCUT2D eigenvalue weighted by atomic mass is 9.99. The fraction of sp³-hybridized carbons (Fsp3) is 1.00. The van der Waals surface area contributed by atoms with Crippen LogP contribution in [0.4, 0.5) is 0 Å². The van der Waals surface area contributed by atoms with E-state index >= 15 is 0 Å². The average molecular weight is 206 g/mol. The zero-order valence-corrected chi connectivity index (χ0v) is 9.02. The summed E-state index contributed by atoms with van der Waals surface area (Å²) < 4.78 is 23.5. The predicted molar refractivity (Wildman–Crippen MR) is 53.0 cm³/mol. The van der Waals surface area contributed by atoms with Crippen LogP contribution in [-0.4, -0.2) is 32.1 Å². The number of nitrogens with one attached hydrogen (secondary N) is 1. The molecular weight excluding hydrogens is 188 g/mol. The molecule has 2 unspecified atom stereocenters. The van der Waals surface area contributed by atoms with Crippen molar-refractivity contribution in [1.82, 2.24) is 5.32 Å². The van der Waals surface area contributed by atoms with Crippen LogP contribution in [0.1, 0.15) is 20.3 Å². The van der Waals surface area contributed by atoms with Crippen LogP contribution in [0.25, 0.3) is 0 Å². The summed E-state index contributed by atoms with van der Waals surface area (Å²) in [6, 6.07) is 0. The Morgan fingerprint density at radius 2 is 2.23 bits per heavy atom. The highest BCUT2D eigenvalue weighted by molar-refractivity contribution is 7.92. The van der Waals surface area contributed by atoms with E-state index in [0.29, 0.717) is 13.1 Å². The molecule has 13 heavy (non-hydrogen) atoms. The van der Waals surface area contributed by atoms with Crippen molar-refractivity contribution < 1.29 is 8.42 Å². The summed E-state index contributed by atoms with van der Waals surface area (Å²) in [6.45, 7) is 4.76. The van der Waals surface area contributed by atoms with E-state index in [1.807, 2.05) is 13.8 Å². The monoisotopic (exact) mass is 206 g/mol. The molecule has 3 N–H and O–H groups in total. The van der Waals surface area contributed by atoms with Gasteiger partial charge in [0.15, 0.2) is 9.84 Å². The zero-order valence-electron chi connectivity index (χ0n) is 8.21. The third kappa shape index (κ3) is 1.73. The van der Waals surface area contributed by atoms with Gasteiger partial charge in [0.1, 0.15) is 4.87 Å². The standard InChI is InChI=1S/C8H18N2O2S/c1-3-7(2)8(9)6-10-4-5-13(8,11)12/h7,10H,3-6,9H2,1-2H3. The normalized spacial score (nSPS) is 35.6. The Bertz CT molecular complexity index is 276. The highest BCUT2D eigenvalue weighted by Crippen LogP contribution is 2.26. The van der Waals surface area contributed by atoms with Crippen LogP contribution in [0.3, 0.4) is 0 Å². The lowest BCUT2D eigenvalue weighted by Gasteiger charge is -2.37. The summed E-state index contributed by atoms with van der Waals surface area (Å²) in [4.78, 5) is -1.06. The third-order valence-corrected chi connectivity index (χ3v) is 5.42. The molecule has 0 aromatic carbocycles. The van der Waals surface area contributed by atoms with Gasteiger partial charge in [-0.15, -0.1) is 0 Å². The maximum Gasteiger partial charge on any atom is 0.171 e. The zero-order chi connectivity index (χ0) is 10.1. The molecule has 0 aromatic heterocycles. The molecule has 4 nitrogen and oxygen atoms in total. The Hall–Kier alpha value is -0.130. The van der Waals surface area contributed by atoms with Crippen molar-refractivity contribution in [1.29, 1.82) is 0 Å². The van der Waals surface area contributed by atoms with Crippen LogP contribution in [0.2, 0.25) is 0 Å². The van der Waals surface area contributed by atoms with Crippen LogP contribution >= 0.6 is 0 Å². The molecular formula is C8H18N2O2S. The molecule has 5 heteroatoms. The molecule has 2 atom stereocenters. The number of rotatable bonds is 2. The molecule has 0 aliphatic carbocycles. The van der Waals surface area contributed by atoms with Crippen LogP contribution in [0.5, 0.6) is 0 Å². The molecule has 1 aliphatic rings. The van der Waals surface area contributed by atoms with Crippen LogP contribution in [0, 0.1) is 5.92 Å². The summed E-state index contributed by atoms with van der Waals surface area (Å²) in [7, 11) is -3.12. The van der Waals surface area contributed by atoms with E-state index in [2.05, 4.69) is 5.32 Å². The van der Waals surface area contributed by atoms with Gasteiger partial charge in [-0.2, -0.15) is 0 Å². The molecule has 0 amide bonds. The predicted octanol–water partition coefficient (Wildman–Crippen LogP) is -0.294. The molecule has 0 aromatic rings. The van der Waals surface area contributed by atoms with Crippen molar-refractivity contribution >= 4 is 9.84 Å². The Balaban J connectivity index is 2.98. The molecule has 1 fully saturated rings. The van der Waals surface area contributed by atoms with Crippen LogP contribution in [-0.2, 0) is 9.84 Å². The van der Waals surface area contributed by atoms with Crippen molar-refractivity contribution in [2.24, 2.45) is 11.7 Å². The van der Waals surface area contributed by atoms with E-state index in [1.165, 1.54) is 0 Å². The molecule has 0 spiro atoms. The Labute approximate surface area is 79.8 Å². The topological polar surface area (TPSA) is 72.2 Å². The minimum absolute atomic E-state index is 0.00491. The summed E-state index contributed by atoms with van der Waals surface area (Å²) in [5.74, 6) is 0.165. The second-order valence-corrected chi connectivity index (χ2v) is 6.16. The highest BCUT2D eigenvalue weighted by Gasteiger charge is 2.45. The summed E-state index contributed by atoms with van der Waals surface area (Å²) in [5.41, 5.74) is 5.94. The van der Waals surface area contributed by atoms with E-state index in [1.54, 1.807) is 0 Å². The fourth-order valence-corrected chi connectivity index (χ4v) is 3.51. The average Bonchev–Trinajstić information content (AvgIpc) is 2.08. The van der Waals surface area contributed by atoms with E-state index < -0.39 is 14.7 Å². The van der Waals surface area contributed by atoms with Gasteiger partial charge in [0.25, 0.3) is 0 Å². The number of nitrogens with two attached hydrogens (primary N) is 1. The van der Waals surface area contributed by atoms with Gasteiger partial charge in [0.2, 0.25) is 0 Å². The quantitative estimate of drug-likeness (QED) is 0.651. The first-order valence-corrected chi connectivity index (χ1v) is 6.31. The Morgan fingerprint density at radius 1 is 1.62 bits per heavy atom. The van der Waals surface area contributed by atoms with Gasteiger partial charge in [-0.1, -0.05) is 20.3 Å². The molecule has 0 radical (unpaired) electrons. The molecule has 1 heterocycles. The lowest BCUT2D eigenvalue weighted by Crippen LogP contribution is -2.64. The molecule has 1 aliphatic heterocycles. The SMILES string of the molecule is CCC(C)C1(N)CNCCS1(=O)=O. The minimum Gasteiger partial charge on any atom is -0.313 e. The van der Waals surface area contributed by atoms with E-state index in [4.69, 9.17) is 5.73 Å². The maximum absolute atomic E-state index is 11.7. The summed E-state index contributed by atoms with van der Waals surface area (Å²) >= 11 is 0. The first kappa shape index (κ1) is 10.9. The molecule has 0 bridgehead atoms. The van der Waals surface area contributed by atoms with Gasteiger partial charge in [-0.05, 0) is 5.92 Å². The minimum atomic E-state index is -3.12. The van der Waals surface area contributed by atoms with Gasteiger partial charge in [-0.3, -0.25) is 0 Å². The van der Waals surface area contributed by atoms with Gasteiger partial charge in [0.05, 0.1) is 5.75 Å². The first-order valence-electron chi connectivity index (χ1n) is 4.66. The largest absolute Gasteiger partial charge is 0.313 e.